The highest BCUT2D eigenvalue weighted by Gasteiger charge is 2.39. The lowest BCUT2D eigenvalue weighted by Crippen LogP contribution is -2.39. The van der Waals surface area contributed by atoms with E-state index in [-0.39, 0.29) is 11.8 Å². The molecule has 0 saturated heterocycles. The highest BCUT2D eigenvalue weighted by Crippen LogP contribution is 2.33. The van der Waals surface area contributed by atoms with Gasteiger partial charge in [0.1, 0.15) is 6.04 Å². The summed E-state index contributed by atoms with van der Waals surface area (Å²) in [7, 11) is 0. The smallest absolute Gasteiger partial charge is 0.255 e. The Kier molecular flexibility index (Phi) is 4.20. The predicted octanol–water partition coefficient (Wildman–Crippen LogP) is 2.12. The number of nitrogens with zero attached hydrogens (tertiary/aromatic N) is 1. The molecule has 0 spiro atoms. The van der Waals surface area contributed by atoms with Crippen molar-refractivity contribution in [3.05, 3.63) is 35.4 Å². The number of hydrogen-bond donors (Lipinski definition) is 1. The minimum absolute atomic E-state index is 0.0332. The molecule has 0 saturated carbocycles. The van der Waals surface area contributed by atoms with Crippen LogP contribution in [-0.2, 0) is 4.79 Å². The topological polar surface area (TPSA) is 49.4 Å². The van der Waals surface area contributed by atoms with E-state index in [1.54, 1.807) is 11.0 Å². The standard InChI is InChI=1S/C15H20N2O2/c1-3-9-16-14(18)13-11-7-5-6-8-12(11)15(19)17(13)10-4-2/h5-8,13H,3-4,9-10H2,1-2H3,(H,16,18). The number of amides is 2. The van der Waals surface area contributed by atoms with Crippen molar-refractivity contribution in [2.45, 2.75) is 32.7 Å². The lowest BCUT2D eigenvalue weighted by molar-refractivity contribution is -0.125. The van der Waals surface area contributed by atoms with Crippen LogP contribution in [0.15, 0.2) is 24.3 Å². The van der Waals surface area contributed by atoms with Crippen LogP contribution in [0.3, 0.4) is 0 Å². The molecule has 102 valence electrons. The molecule has 1 aliphatic rings. The maximum absolute atomic E-state index is 12.3. The van der Waals surface area contributed by atoms with Crippen LogP contribution in [-0.4, -0.2) is 29.8 Å². The molecule has 1 unspecified atom stereocenters. The molecule has 4 heteroatoms. The summed E-state index contributed by atoms with van der Waals surface area (Å²) in [6.45, 7) is 5.28. The van der Waals surface area contributed by atoms with Crippen molar-refractivity contribution in [3.63, 3.8) is 0 Å². The van der Waals surface area contributed by atoms with Crippen LogP contribution in [0, 0.1) is 0 Å². The van der Waals surface area contributed by atoms with E-state index in [4.69, 9.17) is 0 Å². The maximum Gasteiger partial charge on any atom is 0.255 e. The Balaban J connectivity index is 2.31. The number of carbonyl (C=O) groups excluding carboxylic acids is 2. The first-order valence-corrected chi connectivity index (χ1v) is 6.88. The molecule has 1 aromatic rings. The first-order chi connectivity index (χ1) is 9.20. The second-order valence-corrected chi connectivity index (χ2v) is 4.78. The van der Waals surface area contributed by atoms with E-state index in [9.17, 15) is 9.59 Å². The maximum atomic E-state index is 12.3. The lowest BCUT2D eigenvalue weighted by atomic mass is 10.0. The second-order valence-electron chi connectivity index (χ2n) is 4.78. The van der Waals surface area contributed by atoms with Gasteiger partial charge in [-0.3, -0.25) is 9.59 Å². The molecule has 1 atom stereocenters. The SMILES string of the molecule is CCCNC(=O)C1c2ccccc2C(=O)N1CCC. The minimum Gasteiger partial charge on any atom is -0.354 e. The first-order valence-electron chi connectivity index (χ1n) is 6.88. The lowest BCUT2D eigenvalue weighted by Gasteiger charge is -2.24. The van der Waals surface area contributed by atoms with E-state index in [0.717, 1.165) is 18.4 Å². The number of carbonyl (C=O) groups is 2. The highest BCUT2D eigenvalue weighted by atomic mass is 16.2. The molecule has 2 amide bonds. The van der Waals surface area contributed by atoms with Crippen molar-refractivity contribution >= 4 is 11.8 Å². The van der Waals surface area contributed by atoms with Gasteiger partial charge in [0.2, 0.25) is 5.91 Å². The second kappa shape index (κ2) is 5.87. The van der Waals surface area contributed by atoms with Crippen LogP contribution in [0.5, 0.6) is 0 Å². The predicted molar refractivity (Wildman–Crippen MR) is 73.8 cm³/mol. The van der Waals surface area contributed by atoms with Crippen LogP contribution in [0.1, 0.15) is 48.7 Å². The summed E-state index contributed by atoms with van der Waals surface area (Å²) >= 11 is 0. The molecule has 1 aromatic carbocycles. The summed E-state index contributed by atoms with van der Waals surface area (Å²) in [5.74, 6) is -0.109. The molecule has 1 N–H and O–H groups in total. The summed E-state index contributed by atoms with van der Waals surface area (Å²) < 4.78 is 0. The fraction of sp³-hybridized carbons (Fsp3) is 0.467. The van der Waals surface area contributed by atoms with E-state index < -0.39 is 6.04 Å². The molecule has 1 heterocycles. The van der Waals surface area contributed by atoms with Crippen molar-refractivity contribution in [2.24, 2.45) is 0 Å². The largest absolute Gasteiger partial charge is 0.354 e. The summed E-state index contributed by atoms with van der Waals surface area (Å²) in [6, 6.07) is 6.93. The Labute approximate surface area is 113 Å². The Morgan fingerprint density at radius 1 is 1.26 bits per heavy atom. The van der Waals surface area contributed by atoms with Crippen LogP contribution >= 0.6 is 0 Å². The van der Waals surface area contributed by atoms with Crippen LogP contribution in [0.2, 0.25) is 0 Å². The average molecular weight is 260 g/mol. The van der Waals surface area contributed by atoms with E-state index in [0.29, 0.717) is 18.7 Å². The van der Waals surface area contributed by atoms with E-state index in [1.165, 1.54) is 0 Å². The van der Waals surface area contributed by atoms with Crippen LogP contribution < -0.4 is 5.32 Å². The quantitative estimate of drug-likeness (QED) is 0.881. The molecule has 1 aliphatic heterocycles. The third-order valence-electron chi connectivity index (χ3n) is 3.32. The molecule has 0 bridgehead atoms. The van der Waals surface area contributed by atoms with Crippen molar-refractivity contribution in [1.29, 1.82) is 0 Å². The average Bonchev–Trinajstić information content (AvgIpc) is 2.71. The molecular formula is C15H20N2O2. The van der Waals surface area contributed by atoms with Gasteiger partial charge in [-0.25, -0.2) is 0 Å². The van der Waals surface area contributed by atoms with Gasteiger partial charge in [0, 0.05) is 18.7 Å². The van der Waals surface area contributed by atoms with Gasteiger partial charge >= 0.3 is 0 Å². The fourth-order valence-corrected chi connectivity index (χ4v) is 2.47. The van der Waals surface area contributed by atoms with Gasteiger partial charge in [-0.05, 0) is 24.5 Å². The van der Waals surface area contributed by atoms with E-state index in [2.05, 4.69) is 5.32 Å². The molecular weight excluding hydrogens is 240 g/mol. The number of benzene rings is 1. The summed E-state index contributed by atoms with van der Waals surface area (Å²) in [5, 5.41) is 2.89. The van der Waals surface area contributed by atoms with Crippen molar-refractivity contribution < 1.29 is 9.59 Å². The fourth-order valence-electron chi connectivity index (χ4n) is 2.47. The van der Waals surface area contributed by atoms with Gasteiger partial charge in [-0.2, -0.15) is 0 Å². The van der Waals surface area contributed by atoms with Gasteiger partial charge in [0.15, 0.2) is 0 Å². The molecule has 4 nitrogen and oxygen atoms in total. The Hall–Kier alpha value is -1.84. The summed E-state index contributed by atoms with van der Waals surface area (Å²) in [5.41, 5.74) is 1.49. The van der Waals surface area contributed by atoms with Gasteiger partial charge in [0.25, 0.3) is 5.91 Å². The number of fused-ring (bicyclic) bond motifs is 1. The van der Waals surface area contributed by atoms with Crippen molar-refractivity contribution in [3.8, 4) is 0 Å². The zero-order valence-electron chi connectivity index (χ0n) is 11.5. The normalized spacial score (nSPS) is 17.5. The van der Waals surface area contributed by atoms with Gasteiger partial charge in [-0.1, -0.05) is 32.0 Å². The zero-order chi connectivity index (χ0) is 13.8. The van der Waals surface area contributed by atoms with Gasteiger partial charge in [-0.15, -0.1) is 0 Å². The molecule has 0 fully saturated rings. The van der Waals surface area contributed by atoms with Crippen molar-refractivity contribution in [1.82, 2.24) is 10.2 Å². The third kappa shape index (κ3) is 2.48. The molecule has 0 aromatic heterocycles. The van der Waals surface area contributed by atoms with Crippen molar-refractivity contribution in [2.75, 3.05) is 13.1 Å². The third-order valence-corrected chi connectivity index (χ3v) is 3.32. The number of rotatable bonds is 5. The Morgan fingerprint density at radius 3 is 2.68 bits per heavy atom. The van der Waals surface area contributed by atoms with E-state index in [1.807, 2.05) is 32.0 Å². The first kappa shape index (κ1) is 13.6. The Bertz CT molecular complexity index is 485. The van der Waals surface area contributed by atoms with Crippen LogP contribution in [0.4, 0.5) is 0 Å². The van der Waals surface area contributed by atoms with Crippen LogP contribution in [0.25, 0.3) is 0 Å². The minimum atomic E-state index is -0.463. The molecule has 2 rings (SSSR count). The molecule has 0 aliphatic carbocycles. The van der Waals surface area contributed by atoms with E-state index >= 15 is 0 Å². The Morgan fingerprint density at radius 2 is 2.00 bits per heavy atom. The summed E-state index contributed by atoms with van der Waals surface area (Å²) in [4.78, 5) is 26.3. The van der Waals surface area contributed by atoms with Gasteiger partial charge in [0.05, 0.1) is 0 Å². The molecule has 19 heavy (non-hydrogen) atoms. The highest BCUT2D eigenvalue weighted by molar-refractivity contribution is 6.04. The van der Waals surface area contributed by atoms with Gasteiger partial charge < -0.3 is 10.2 Å². The number of nitrogens with one attached hydrogen (secondary N) is 1. The zero-order valence-corrected chi connectivity index (χ0v) is 11.5. The molecule has 0 radical (unpaired) electrons. The number of hydrogen-bond acceptors (Lipinski definition) is 2. The summed E-state index contributed by atoms with van der Waals surface area (Å²) in [6.07, 6.45) is 1.74. The monoisotopic (exact) mass is 260 g/mol.